The highest BCUT2D eigenvalue weighted by molar-refractivity contribution is 5.77. The molecule has 3 heterocycles. The first-order chi connectivity index (χ1) is 15.4. The number of aromatic nitrogens is 3. The highest BCUT2D eigenvalue weighted by Gasteiger charge is 2.34. The van der Waals surface area contributed by atoms with Crippen LogP contribution in [0.3, 0.4) is 0 Å². The van der Waals surface area contributed by atoms with E-state index in [-0.39, 0.29) is 23.9 Å². The number of carbonyl (C=O) groups excluding carboxylic acids is 1. The van der Waals surface area contributed by atoms with Gasteiger partial charge in [-0.1, -0.05) is 37.3 Å². The smallest absolute Gasteiger partial charge is 0.253 e. The SMILES string of the molecule is C[C@H](CC(=O)N1CCC(O)(Cn2cnc(-c3ccncc3)cc2=O)CC1)c1ccccc1. The third kappa shape index (κ3) is 5.11. The first-order valence-electron chi connectivity index (χ1n) is 11.0. The zero-order valence-corrected chi connectivity index (χ0v) is 18.2. The number of hydrogen-bond acceptors (Lipinski definition) is 5. The van der Waals surface area contributed by atoms with Crippen molar-refractivity contribution < 1.29 is 9.90 Å². The van der Waals surface area contributed by atoms with E-state index in [4.69, 9.17) is 0 Å². The molecule has 4 rings (SSSR count). The second-order valence-electron chi connectivity index (χ2n) is 8.60. The normalized spacial score (nSPS) is 16.5. The molecule has 0 aliphatic carbocycles. The first kappa shape index (κ1) is 21.9. The summed E-state index contributed by atoms with van der Waals surface area (Å²) in [7, 11) is 0. The predicted octanol–water partition coefficient (Wildman–Crippen LogP) is 2.85. The average Bonchev–Trinajstić information content (AvgIpc) is 2.82. The van der Waals surface area contributed by atoms with Crippen molar-refractivity contribution in [2.24, 2.45) is 0 Å². The summed E-state index contributed by atoms with van der Waals surface area (Å²) in [4.78, 5) is 35.5. The van der Waals surface area contributed by atoms with Crippen molar-refractivity contribution in [2.45, 2.75) is 44.2 Å². The van der Waals surface area contributed by atoms with Gasteiger partial charge < -0.3 is 10.0 Å². The highest BCUT2D eigenvalue weighted by Crippen LogP contribution is 2.26. The maximum Gasteiger partial charge on any atom is 0.253 e. The lowest BCUT2D eigenvalue weighted by Gasteiger charge is -2.38. The average molecular weight is 433 g/mol. The van der Waals surface area contributed by atoms with Crippen LogP contribution in [-0.2, 0) is 11.3 Å². The van der Waals surface area contributed by atoms with E-state index in [1.54, 1.807) is 24.5 Å². The fourth-order valence-corrected chi connectivity index (χ4v) is 4.16. The van der Waals surface area contributed by atoms with Crippen molar-refractivity contribution in [3.8, 4) is 11.3 Å². The summed E-state index contributed by atoms with van der Waals surface area (Å²) in [6.45, 7) is 3.18. The number of carbonyl (C=O) groups is 1. The fraction of sp³-hybridized carbons (Fsp3) is 0.360. The van der Waals surface area contributed by atoms with Crippen LogP contribution < -0.4 is 5.56 Å². The molecule has 1 fully saturated rings. The number of rotatable bonds is 6. The summed E-state index contributed by atoms with van der Waals surface area (Å²) in [6.07, 6.45) is 6.09. The summed E-state index contributed by atoms with van der Waals surface area (Å²) in [6, 6.07) is 15.1. The molecule has 1 aliphatic rings. The summed E-state index contributed by atoms with van der Waals surface area (Å²) < 4.78 is 1.44. The molecule has 1 atom stereocenters. The van der Waals surface area contributed by atoms with Gasteiger partial charge in [0, 0.05) is 43.5 Å². The minimum Gasteiger partial charge on any atom is -0.388 e. The maximum absolute atomic E-state index is 12.8. The minimum atomic E-state index is -1.04. The number of likely N-dealkylation sites (tertiary alicyclic amines) is 1. The molecule has 166 valence electrons. The van der Waals surface area contributed by atoms with Gasteiger partial charge in [0.2, 0.25) is 5.91 Å². The Morgan fingerprint density at radius 1 is 1.12 bits per heavy atom. The number of aliphatic hydroxyl groups is 1. The standard InChI is InChI=1S/C25H28N4O3/c1-19(20-5-3-2-4-6-20)15-23(30)28-13-9-25(32,10-14-28)17-29-18-27-22(16-24(29)31)21-7-11-26-12-8-21/h2-8,11-12,16,18-19,32H,9-10,13-15,17H2,1H3/t19-/m1/s1. The predicted molar refractivity (Wildman–Crippen MR) is 122 cm³/mol. The number of amides is 1. The van der Waals surface area contributed by atoms with Gasteiger partial charge in [-0.05, 0) is 36.5 Å². The quantitative estimate of drug-likeness (QED) is 0.647. The lowest BCUT2D eigenvalue weighted by Crippen LogP contribution is -2.49. The van der Waals surface area contributed by atoms with Gasteiger partial charge in [-0.3, -0.25) is 19.1 Å². The van der Waals surface area contributed by atoms with E-state index in [0.717, 1.165) is 11.1 Å². The molecule has 0 saturated carbocycles. The number of pyridine rings is 1. The van der Waals surface area contributed by atoms with E-state index in [0.29, 0.717) is 38.0 Å². The van der Waals surface area contributed by atoms with Gasteiger partial charge in [0.15, 0.2) is 0 Å². The third-order valence-electron chi connectivity index (χ3n) is 6.22. The number of piperidine rings is 1. The zero-order chi connectivity index (χ0) is 22.6. The van der Waals surface area contributed by atoms with Crippen LogP contribution in [0.2, 0.25) is 0 Å². The second-order valence-corrected chi connectivity index (χ2v) is 8.60. The van der Waals surface area contributed by atoms with E-state index < -0.39 is 5.60 Å². The monoisotopic (exact) mass is 432 g/mol. The Morgan fingerprint density at radius 3 is 2.47 bits per heavy atom. The molecule has 1 aromatic carbocycles. The van der Waals surface area contributed by atoms with Crippen LogP contribution in [0.25, 0.3) is 11.3 Å². The van der Waals surface area contributed by atoms with Gasteiger partial charge in [0.1, 0.15) is 0 Å². The molecular weight excluding hydrogens is 404 g/mol. The van der Waals surface area contributed by atoms with Crippen molar-refractivity contribution in [1.29, 1.82) is 0 Å². The van der Waals surface area contributed by atoms with E-state index >= 15 is 0 Å². The second kappa shape index (κ2) is 9.44. The van der Waals surface area contributed by atoms with Crippen LogP contribution in [-0.4, -0.2) is 49.1 Å². The molecular formula is C25H28N4O3. The lowest BCUT2D eigenvalue weighted by atomic mass is 9.90. The fourth-order valence-electron chi connectivity index (χ4n) is 4.16. The molecule has 0 unspecified atom stereocenters. The van der Waals surface area contributed by atoms with Gasteiger partial charge in [-0.25, -0.2) is 4.98 Å². The molecule has 32 heavy (non-hydrogen) atoms. The lowest BCUT2D eigenvalue weighted by molar-refractivity contribution is -0.136. The van der Waals surface area contributed by atoms with Gasteiger partial charge in [0.05, 0.1) is 24.2 Å². The molecule has 0 bridgehead atoms. The number of nitrogens with zero attached hydrogens (tertiary/aromatic N) is 4. The van der Waals surface area contributed by atoms with Crippen LogP contribution >= 0.6 is 0 Å². The third-order valence-corrected chi connectivity index (χ3v) is 6.22. The largest absolute Gasteiger partial charge is 0.388 e. The van der Waals surface area contributed by atoms with Crippen molar-refractivity contribution in [1.82, 2.24) is 19.4 Å². The molecule has 7 nitrogen and oxygen atoms in total. The Labute approximate surface area is 187 Å². The van der Waals surface area contributed by atoms with E-state index in [2.05, 4.69) is 16.9 Å². The molecule has 1 amide bonds. The maximum atomic E-state index is 12.8. The summed E-state index contributed by atoms with van der Waals surface area (Å²) in [5.74, 6) is 0.247. The topological polar surface area (TPSA) is 88.3 Å². The van der Waals surface area contributed by atoms with Crippen LogP contribution in [0.4, 0.5) is 0 Å². The Hall–Kier alpha value is -3.32. The Kier molecular flexibility index (Phi) is 6.46. The summed E-state index contributed by atoms with van der Waals surface area (Å²) >= 11 is 0. The molecule has 0 spiro atoms. The van der Waals surface area contributed by atoms with Crippen molar-refractivity contribution in [3.05, 3.63) is 83.2 Å². The number of hydrogen-bond donors (Lipinski definition) is 1. The Balaban J connectivity index is 1.35. The molecule has 7 heteroatoms. The summed E-state index contributed by atoms with van der Waals surface area (Å²) in [5, 5.41) is 11.1. The molecule has 1 N–H and O–H groups in total. The van der Waals surface area contributed by atoms with E-state index in [9.17, 15) is 14.7 Å². The van der Waals surface area contributed by atoms with Gasteiger partial charge in [-0.2, -0.15) is 0 Å². The summed E-state index contributed by atoms with van der Waals surface area (Å²) in [5.41, 5.74) is 1.30. The van der Waals surface area contributed by atoms with Crippen LogP contribution in [0.1, 0.15) is 37.7 Å². The Bertz CT molecular complexity index is 1110. The van der Waals surface area contributed by atoms with Crippen molar-refractivity contribution in [3.63, 3.8) is 0 Å². The molecule has 0 radical (unpaired) electrons. The zero-order valence-electron chi connectivity index (χ0n) is 18.2. The first-order valence-corrected chi connectivity index (χ1v) is 11.0. The van der Waals surface area contributed by atoms with Crippen molar-refractivity contribution >= 4 is 5.91 Å². The van der Waals surface area contributed by atoms with E-state index in [1.165, 1.54) is 17.0 Å². The van der Waals surface area contributed by atoms with E-state index in [1.807, 2.05) is 35.2 Å². The van der Waals surface area contributed by atoms with Gasteiger partial charge in [0.25, 0.3) is 5.56 Å². The van der Waals surface area contributed by atoms with Crippen LogP contribution in [0.5, 0.6) is 0 Å². The van der Waals surface area contributed by atoms with Gasteiger partial charge >= 0.3 is 0 Å². The minimum absolute atomic E-state index is 0.101. The molecule has 3 aromatic rings. The highest BCUT2D eigenvalue weighted by atomic mass is 16.3. The molecule has 1 saturated heterocycles. The van der Waals surface area contributed by atoms with Gasteiger partial charge in [-0.15, -0.1) is 0 Å². The van der Waals surface area contributed by atoms with Crippen LogP contribution in [0, 0.1) is 0 Å². The van der Waals surface area contributed by atoms with Crippen molar-refractivity contribution in [2.75, 3.05) is 13.1 Å². The Morgan fingerprint density at radius 2 is 1.81 bits per heavy atom. The molecule has 2 aromatic heterocycles. The molecule has 1 aliphatic heterocycles. The van der Waals surface area contributed by atoms with Crippen LogP contribution in [0.15, 0.2) is 72.0 Å². The number of benzene rings is 1.